The Labute approximate surface area is 169 Å². The third-order valence-electron chi connectivity index (χ3n) is 3.64. The van der Waals surface area contributed by atoms with Gasteiger partial charge in [0.1, 0.15) is 11.5 Å². The number of amides is 2. The van der Waals surface area contributed by atoms with E-state index in [0.717, 1.165) is 6.42 Å². The lowest BCUT2D eigenvalue weighted by atomic mass is 10.2. The summed E-state index contributed by atoms with van der Waals surface area (Å²) in [7, 11) is 0. The van der Waals surface area contributed by atoms with E-state index in [-0.39, 0.29) is 6.61 Å². The summed E-state index contributed by atoms with van der Waals surface area (Å²) in [6, 6.07) is 12.9. The summed E-state index contributed by atoms with van der Waals surface area (Å²) in [4.78, 5) is 35.8. The second kappa shape index (κ2) is 11.3. The normalized spacial score (nSPS) is 10.0. The third-order valence-corrected chi connectivity index (χ3v) is 3.64. The van der Waals surface area contributed by atoms with Gasteiger partial charge in [-0.25, -0.2) is 4.79 Å². The number of esters is 1. The molecule has 2 aromatic rings. The first-order chi connectivity index (χ1) is 14.0. The summed E-state index contributed by atoms with van der Waals surface area (Å²) < 4.78 is 15.8. The molecule has 0 fully saturated rings. The molecule has 2 N–H and O–H groups in total. The molecule has 0 aliphatic carbocycles. The van der Waals surface area contributed by atoms with Crippen molar-refractivity contribution < 1.29 is 28.6 Å². The van der Waals surface area contributed by atoms with Gasteiger partial charge in [0.15, 0.2) is 6.61 Å². The third kappa shape index (κ3) is 6.84. The van der Waals surface area contributed by atoms with E-state index in [4.69, 9.17) is 14.2 Å². The van der Waals surface area contributed by atoms with Gasteiger partial charge in [-0.3, -0.25) is 20.4 Å². The molecule has 0 saturated carbocycles. The van der Waals surface area contributed by atoms with Crippen molar-refractivity contribution >= 4 is 17.8 Å². The fraction of sp³-hybridized carbons (Fsp3) is 0.286. The van der Waals surface area contributed by atoms with Gasteiger partial charge in [0.2, 0.25) is 0 Å². The highest BCUT2D eigenvalue weighted by atomic mass is 16.5. The molecule has 8 nitrogen and oxygen atoms in total. The largest absolute Gasteiger partial charge is 0.493 e. The molecule has 0 aliphatic rings. The second-order valence-corrected chi connectivity index (χ2v) is 5.88. The van der Waals surface area contributed by atoms with Crippen molar-refractivity contribution in [1.82, 2.24) is 10.9 Å². The number of rotatable bonds is 9. The summed E-state index contributed by atoms with van der Waals surface area (Å²) in [6.07, 6.45) is 0.746. The Hall–Kier alpha value is -3.55. The number of para-hydroxylation sites is 1. The number of ether oxygens (including phenoxy) is 3. The van der Waals surface area contributed by atoms with Crippen molar-refractivity contribution in [2.45, 2.75) is 20.3 Å². The number of hydrazine groups is 1. The quantitative estimate of drug-likeness (QED) is 0.495. The van der Waals surface area contributed by atoms with Crippen LogP contribution in [0.1, 0.15) is 41.0 Å². The Morgan fingerprint density at radius 2 is 1.62 bits per heavy atom. The fourth-order valence-electron chi connectivity index (χ4n) is 2.28. The van der Waals surface area contributed by atoms with Gasteiger partial charge in [0.25, 0.3) is 11.8 Å². The van der Waals surface area contributed by atoms with Crippen molar-refractivity contribution in [2.24, 2.45) is 0 Å². The molecular formula is C21H24N2O6. The number of nitrogens with one attached hydrogen (secondary N) is 2. The number of hydrogen-bond acceptors (Lipinski definition) is 6. The molecule has 0 radical (unpaired) electrons. The van der Waals surface area contributed by atoms with Crippen molar-refractivity contribution in [2.75, 3.05) is 19.8 Å². The highest BCUT2D eigenvalue weighted by molar-refractivity contribution is 5.97. The number of carbonyl (C=O) groups is 3. The molecule has 8 heteroatoms. The van der Waals surface area contributed by atoms with Crippen molar-refractivity contribution in [1.29, 1.82) is 0 Å². The topological polar surface area (TPSA) is 103 Å². The highest BCUT2D eigenvalue weighted by Crippen LogP contribution is 2.17. The van der Waals surface area contributed by atoms with Crippen LogP contribution in [0.15, 0.2) is 48.5 Å². The molecule has 2 amide bonds. The molecule has 0 aliphatic heterocycles. The zero-order valence-corrected chi connectivity index (χ0v) is 16.4. The predicted molar refractivity (Wildman–Crippen MR) is 106 cm³/mol. The molecule has 0 saturated heterocycles. The van der Waals surface area contributed by atoms with Gasteiger partial charge in [-0.2, -0.15) is 0 Å². The van der Waals surface area contributed by atoms with Gasteiger partial charge in [0.05, 0.1) is 24.3 Å². The molecule has 2 aromatic carbocycles. The van der Waals surface area contributed by atoms with Crippen LogP contribution in [0.25, 0.3) is 0 Å². The maximum Gasteiger partial charge on any atom is 0.338 e. The van der Waals surface area contributed by atoms with E-state index in [1.165, 1.54) is 0 Å². The number of carbonyl (C=O) groups excluding carboxylic acids is 3. The molecule has 29 heavy (non-hydrogen) atoms. The van der Waals surface area contributed by atoms with Crippen LogP contribution in [0.3, 0.4) is 0 Å². The summed E-state index contributed by atoms with van der Waals surface area (Å²) in [6.45, 7) is 4.19. The Morgan fingerprint density at radius 3 is 2.31 bits per heavy atom. The summed E-state index contributed by atoms with van der Waals surface area (Å²) in [5, 5.41) is 0. The van der Waals surface area contributed by atoms with Gasteiger partial charge < -0.3 is 14.2 Å². The first kappa shape index (κ1) is 21.7. The van der Waals surface area contributed by atoms with Crippen LogP contribution >= 0.6 is 0 Å². The molecule has 0 atom stereocenters. The Kier molecular flexibility index (Phi) is 8.50. The average Bonchev–Trinajstić information content (AvgIpc) is 2.75. The van der Waals surface area contributed by atoms with Crippen LogP contribution in [-0.4, -0.2) is 37.6 Å². The molecule has 0 bridgehead atoms. The maximum atomic E-state index is 12.2. The Bertz CT molecular complexity index is 835. The molecule has 0 aromatic heterocycles. The number of hydrogen-bond donors (Lipinski definition) is 2. The van der Waals surface area contributed by atoms with Crippen LogP contribution in [0, 0.1) is 0 Å². The predicted octanol–water partition coefficient (Wildman–Crippen LogP) is 2.49. The lowest BCUT2D eigenvalue weighted by Crippen LogP contribution is -2.43. The van der Waals surface area contributed by atoms with Crippen LogP contribution in [0.2, 0.25) is 0 Å². The number of benzene rings is 2. The average molecular weight is 400 g/mol. The first-order valence-electron chi connectivity index (χ1n) is 9.26. The minimum Gasteiger partial charge on any atom is -0.493 e. The minimum absolute atomic E-state index is 0.307. The van der Waals surface area contributed by atoms with E-state index in [1.54, 1.807) is 48.5 Å². The fourth-order valence-corrected chi connectivity index (χ4v) is 2.28. The molecule has 0 unspecified atom stereocenters. The molecule has 0 heterocycles. The van der Waals surface area contributed by atoms with Crippen molar-refractivity contribution in [3.8, 4) is 11.5 Å². The molecular weight excluding hydrogens is 376 g/mol. The van der Waals surface area contributed by atoms with Crippen molar-refractivity contribution in [3.63, 3.8) is 0 Å². The van der Waals surface area contributed by atoms with Crippen LogP contribution < -0.4 is 20.3 Å². The lowest BCUT2D eigenvalue weighted by molar-refractivity contribution is -0.123. The SMILES string of the molecule is CCCOC(=O)c1ccc(OCC(=O)NNC(=O)c2ccccc2OCC)cc1. The second-order valence-electron chi connectivity index (χ2n) is 5.88. The summed E-state index contributed by atoms with van der Waals surface area (Å²) in [5.41, 5.74) is 5.30. The smallest absolute Gasteiger partial charge is 0.338 e. The van der Waals surface area contributed by atoms with Gasteiger partial charge >= 0.3 is 5.97 Å². The van der Waals surface area contributed by atoms with E-state index in [1.807, 2.05) is 13.8 Å². The summed E-state index contributed by atoms with van der Waals surface area (Å²) >= 11 is 0. The van der Waals surface area contributed by atoms with E-state index in [2.05, 4.69) is 10.9 Å². The molecule has 2 rings (SSSR count). The Balaban J connectivity index is 1.80. The summed E-state index contributed by atoms with van der Waals surface area (Å²) in [5.74, 6) is -0.627. The first-order valence-corrected chi connectivity index (χ1v) is 9.26. The van der Waals surface area contributed by atoms with Gasteiger partial charge in [-0.05, 0) is 49.7 Å². The van der Waals surface area contributed by atoms with E-state index in [9.17, 15) is 14.4 Å². The van der Waals surface area contributed by atoms with Gasteiger partial charge in [0, 0.05) is 0 Å². The zero-order chi connectivity index (χ0) is 21.1. The highest BCUT2D eigenvalue weighted by Gasteiger charge is 2.13. The van der Waals surface area contributed by atoms with E-state index in [0.29, 0.717) is 35.8 Å². The lowest BCUT2D eigenvalue weighted by Gasteiger charge is -2.11. The van der Waals surface area contributed by atoms with Crippen LogP contribution in [-0.2, 0) is 9.53 Å². The van der Waals surface area contributed by atoms with Crippen LogP contribution in [0.5, 0.6) is 11.5 Å². The van der Waals surface area contributed by atoms with Crippen LogP contribution in [0.4, 0.5) is 0 Å². The van der Waals surface area contributed by atoms with Crippen molar-refractivity contribution in [3.05, 3.63) is 59.7 Å². The zero-order valence-electron chi connectivity index (χ0n) is 16.4. The van der Waals surface area contributed by atoms with E-state index < -0.39 is 17.8 Å². The minimum atomic E-state index is -0.543. The maximum absolute atomic E-state index is 12.2. The van der Waals surface area contributed by atoms with Gasteiger partial charge in [-0.1, -0.05) is 19.1 Å². The standard InChI is InChI=1S/C21H24N2O6/c1-3-13-28-21(26)15-9-11-16(12-10-15)29-14-19(24)22-23-20(25)17-7-5-6-8-18(17)27-4-2/h5-12H,3-4,13-14H2,1-2H3,(H,22,24)(H,23,25). The van der Waals surface area contributed by atoms with Gasteiger partial charge in [-0.15, -0.1) is 0 Å². The monoisotopic (exact) mass is 400 g/mol. The van der Waals surface area contributed by atoms with E-state index >= 15 is 0 Å². The molecule has 0 spiro atoms. The molecule has 154 valence electrons. The Morgan fingerprint density at radius 1 is 0.897 bits per heavy atom.